The molecule has 3 rings (SSSR count). The summed E-state index contributed by atoms with van der Waals surface area (Å²) in [6.45, 7) is 2.66. The van der Waals surface area contributed by atoms with E-state index in [2.05, 4.69) is 22.5 Å². The van der Waals surface area contributed by atoms with Gasteiger partial charge >= 0.3 is 0 Å². The molecule has 1 amide bonds. The van der Waals surface area contributed by atoms with Gasteiger partial charge in [0.2, 0.25) is 5.91 Å². The average molecular weight is 341 g/mol. The summed E-state index contributed by atoms with van der Waals surface area (Å²) in [6.07, 6.45) is 8.57. The first-order valence-electron chi connectivity index (χ1n) is 9.12. The smallest absolute Gasteiger partial charge is 0.223 e. The summed E-state index contributed by atoms with van der Waals surface area (Å²) in [7, 11) is 0. The van der Waals surface area contributed by atoms with Crippen molar-refractivity contribution in [2.45, 2.75) is 63.6 Å². The van der Waals surface area contributed by atoms with Crippen molar-refractivity contribution in [3.63, 3.8) is 0 Å². The lowest BCUT2D eigenvalue weighted by Gasteiger charge is -2.31. The fourth-order valence-electron chi connectivity index (χ4n) is 3.52. The number of carbonyl (C=O) groups is 1. The Labute approximate surface area is 149 Å². The van der Waals surface area contributed by atoms with Crippen molar-refractivity contribution < 1.29 is 9.90 Å². The largest absolute Gasteiger partial charge is 0.389 e. The SMILES string of the molecule is CC(NC(=O)CC1(O)CCCCC1)c1cnn(Cc2ccccc2)c1. The Hall–Kier alpha value is -2.14. The van der Waals surface area contributed by atoms with Gasteiger partial charge in [0.1, 0.15) is 0 Å². The molecule has 0 spiro atoms. The maximum Gasteiger partial charge on any atom is 0.223 e. The Balaban J connectivity index is 1.54. The molecule has 25 heavy (non-hydrogen) atoms. The lowest BCUT2D eigenvalue weighted by atomic mass is 9.82. The molecule has 0 saturated heterocycles. The minimum Gasteiger partial charge on any atom is -0.389 e. The Morgan fingerprint density at radius 2 is 2.00 bits per heavy atom. The zero-order valence-corrected chi connectivity index (χ0v) is 14.8. The predicted molar refractivity (Wildman–Crippen MR) is 97.0 cm³/mol. The van der Waals surface area contributed by atoms with Crippen LogP contribution in [-0.2, 0) is 11.3 Å². The maximum atomic E-state index is 12.3. The van der Waals surface area contributed by atoms with E-state index in [9.17, 15) is 9.90 Å². The molecule has 0 bridgehead atoms. The molecule has 1 heterocycles. The third-order valence-corrected chi connectivity index (χ3v) is 4.99. The summed E-state index contributed by atoms with van der Waals surface area (Å²) >= 11 is 0. The van der Waals surface area contributed by atoms with Gasteiger partial charge in [0, 0.05) is 11.8 Å². The average Bonchev–Trinajstić information content (AvgIpc) is 3.04. The standard InChI is InChI=1S/C20H27N3O2/c1-16(22-19(24)12-20(25)10-6-3-7-11-20)18-13-21-23(15-18)14-17-8-4-2-5-9-17/h2,4-5,8-9,13,15-16,25H,3,6-7,10-12,14H2,1H3,(H,22,24). The highest BCUT2D eigenvalue weighted by Gasteiger charge is 2.32. The first-order valence-corrected chi connectivity index (χ1v) is 9.12. The second kappa shape index (κ2) is 7.83. The summed E-state index contributed by atoms with van der Waals surface area (Å²) < 4.78 is 1.88. The van der Waals surface area contributed by atoms with Crippen LogP contribution in [0.4, 0.5) is 0 Å². The zero-order chi connectivity index (χ0) is 17.7. The fraction of sp³-hybridized carbons (Fsp3) is 0.500. The molecule has 1 aromatic carbocycles. The van der Waals surface area contributed by atoms with Crippen LogP contribution in [0.15, 0.2) is 42.7 Å². The Morgan fingerprint density at radius 1 is 1.28 bits per heavy atom. The molecular weight excluding hydrogens is 314 g/mol. The van der Waals surface area contributed by atoms with Crippen LogP contribution < -0.4 is 5.32 Å². The quantitative estimate of drug-likeness (QED) is 0.848. The van der Waals surface area contributed by atoms with Gasteiger partial charge in [-0.3, -0.25) is 9.48 Å². The first kappa shape index (κ1) is 17.7. The summed E-state index contributed by atoms with van der Waals surface area (Å²) in [5, 5.41) is 17.9. The van der Waals surface area contributed by atoms with E-state index in [1.165, 1.54) is 5.56 Å². The molecule has 5 nitrogen and oxygen atoms in total. The van der Waals surface area contributed by atoms with Gasteiger partial charge in [-0.05, 0) is 25.3 Å². The highest BCUT2D eigenvalue weighted by Crippen LogP contribution is 2.31. The number of hydrogen-bond acceptors (Lipinski definition) is 3. The highest BCUT2D eigenvalue weighted by molar-refractivity contribution is 5.77. The third kappa shape index (κ3) is 4.92. The van der Waals surface area contributed by atoms with Crippen LogP contribution in [0.2, 0.25) is 0 Å². The number of aromatic nitrogens is 2. The van der Waals surface area contributed by atoms with E-state index >= 15 is 0 Å². The third-order valence-electron chi connectivity index (χ3n) is 4.99. The number of nitrogens with one attached hydrogen (secondary N) is 1. The van der Waals surface area contributed by atoms with Gasteiger partial charge in [-0.1, -0.05) is 49.6 Å². The number of aliphatic hydroxyl groups is 1. The van der Waals surface area contributed by atoms with Gasteiger partial charge in [-0.25, -0.2) is 0 Å². The van der Waals surface area contributed by atoms with Crippen molar-refractivity contribution in [1.29, 1.82) is 0 Å². The monoisotopic (exact) mass is 341 g/mol. The van der Waals surface area contributed by atoms with Crippen LogP contribution in [0.25, 0.3) is 0 Å². The molecule has 1 unspecified atom stereocenters. The van der Waals surface area contributed by atoms with Crippen molar-refractivity contribution in [2.24, 2.45) is 0 Å². The Morgan fingerprint density at radius 3 is 2.72 bits per heavy atom. The van der Waals surface area contributed by atoms with Crippen LogP contribution >= 0.6 is 0 Å². The summed E-state index contributed by atoms with van der Waals surface area (Å²) in [5.41, 5.74) is 1.34. The van der Waals surface area contributed by atoms with E-state index in [1.807, 2.05) is 36.0 Å². The normalized spacial score (nSPS) is 17.8. The minimum atomic E-state index is -0.820. The number of carbonyl (C=O) groups excluding carboxylic acids is 1. The molecule has 1 saturated carbocycles. The summed E-state index contributed by atoms with van der Waals surface area (Å²) in [4.78, 5) is 12.3. The van der Waals surface area contributed by atoms with Crippen molar-refractivity contribution >= 4 is 5.91 Å². The number of rotatable bonds is 6. The van der Waals surface area contributed by atoms with E-state index in [-0.39, 0.29) is 18.4 Å². The van der Waals surface area contributed by atoms with Gasteiger partial charge in [0.25, 0.3) is 0 Å². The molecule has 0 aliphatic heterocycles. The molecule has 5 heteroatoms. The predicted octanol–water partition coefficient (Wildman–Crippen LogP) is 3.19. The van der Waals surface area contributed by atoms with Crippen LogP contribution in [0.1, 0.15) is 62.6 Å². The lowest BCUT2D eigenvalue weighted by molar-refractivity contribution is -0.128. The van der Waals surface area contributed by atoms with Gasteiger partial charge in [-0.15, -0.1) is 0 Å². The molecule has 2 N–H and O–H groups in total. The van der Waals surface area contributed by atoms with Crippen LogP contribution in [0.5, 0.6) is 0 Å². The van der Waals surface area contributed by atoms with Crippen LogP contribution in [0.3, 0.4) is 0 Å². The second-order valence-electron chi connectivity index (χ2n) is 7.21. The van der Waals surface area contributed by atoms with E-state index in [0.29, 0.717) is 6.54 Å². The zero-order valence-electron chi connectivity index (χ0n) is 14.8. The van der Waals surface area contributed by atoms with Crippen LogP contribution in [0, 0.1) is 0 Å². The van der Waals surface area contributed by atoms with E-state index < -0.39 is 5.60 Å². The van der Waals surface area contributed by atoms with Crippen molar-refractivity contribution in [3.8, 4) is 0 Å². The second-order valence-corrected chi connectivity index (χ2v) is 7.21. The number of nitrogens with zero attached hydrogens (tertiary/aromatic N) is 2. The van der Waals surface area contributed by atoms with E-state index in [4.69, 9.17) is 0 Å². The van der Waals surface area contributed by atoms with Crippen LogP contribution in [-0.4, -0.2) is 26.4 Å². The number of benzene rings is 1. The topological polar surface area (TPSA) is 67.2 Å². The first-order chi connectivity index (χ1) is 12.0. The Bertz CT molecular complexity index is 690. The minimum absolute atomic E-state index is 0.0901. The summed E-state index contributed by atoms with van der Waals surface area (Å²) in [5.74, 6) is -0.0901. The molecule has 1 aromatic heterocycles. The summed E-state index contributed by atoms with van der Waals surface area (Å²) in [6, 6.07) is 10.0. The highest BCUT2D eigenvalue weighted by atomic mass is 16.3. The lowest BCUT2D eigenvalue weighted by Crippen LogP contribution is -2.39. The molecule has 1 atom stereocenters. The van der Waals surface area contributed by atoms with Gasteiger partial charge in [-0.2, -0.15) is 5.10 Å². The number of amides is 1. The molecule has 134 valence electrons. The van der Waals surface area contributed by atoms with Crippen molar-refractivity contribution in [2.75, 3.05) is 0 Å². The van der Waals surface area contributed by atoms with E-state index in [0.717, 1.165) is 37.7 Å². The van der Waals surface area contributed by atoms with Crippen molar-refractivity contribution in [3.05, 3.63) is 53.9 Å². The molecule has 1 aliphatic carbocycles. The van der Waals surface area contributed by atoms with Gasteiger partial charge < -0.3 is 10.4 Å². The maximum absolute atomic E-state index is 12.3. The fourth-order valence-corrected chi connectivity index (χ4v) is 3.52. The molecule has 0 radical (unpaired) electrons. The molecule has 1 fully saturated rings. The van der Waals surface area contributed by atoms with Gasteiger partial charge in [0.15, 0.2) is 0 Å². The van der Waals surface area contributed by atoms with E-state index in [1.54, 1.807) is 6.20 Å². The molecule has 1 aliphatic rings. The number of hydrogen-bond donors (Lipinski definition) is 2. The molecule has 2 aromatic rings. The Kier molecular flexibility index (Phi) is 5.53. The van der Waals surface area contributed by atoms with Crippen molar-refractivity contribution in [1.82, 2.24) is 15.1 Å². The molecular formula is C20H27N3O2. The van der Waals surface area contributed by atoms with Gasteiger partial charge in [0.05, 0.1) is 30.8 Å².